The van der Waals surface area contributed by atoms with E-state index < -0.39 is 0 Å². The van der Waals surface area contributed by atoms with Gasteiger partial charge in [-0.25, -0.2) is 0 Å². The van der Waals surface area contributed by atoms with Crippen LogP contribution in [0.3, 0.4) is 0 Å². The van der Waals surface area contributed by atoms with Gasteiger partial charge < -0.3 is 5.32 Å². The zero-order chi connectivity index (χ0) is 8.81. The molecule has 0 bridgehead atoms. The summed E-state index contributed by atoms with van der Waals surface area (Å²) in [5.41, 5.74) is 0.896. The molecule has 2 N–H and O–H groups in total. The zero-order valence-electron chi connectivity index (χ0n) is 6.87. The molecule has 64 valence electrons. The number of carbonyl (C=O) groups is 1. The quantitative estimate of drug-likeness (QED) is 0.644. The number of nitrogens with one attached hydrogen (secondary N) is 2. The number of rotatable bonds is 3. The van der Waals surface area contributed by atoms with Gasteiger partial charge in [0.2, 0.25) is 5.91 Å². The maximum Gasteiger partial charge on any atom is 0.243 e. The molecule has 0 aliphatic rings. The molecule has 1 aromatic rings. The van der Waals surface area contributed by atoms with Crippen molar-refractivity contribution >= 4 is 5.91 Å². The minimum atomic E-state index is -0.0906. The fourth-order valence-corrected chi connectivity index (χ4v) is 0.776. The average Bonchev–Trinajstić information content (AvgIpc) is 2.53. The Morgan fingerprint density at radius 2 is 2.67 bits per heavy atom. The van der Waals surface area contributed by atoms with Gasteiger partial charge in [0.05, 0.1) is 12.2 Å². The summed E-state index contributed by atoms with van der Waals surface area (Å²) in [7, 11) is 0. The number of allylic oxidation sites excluding steroid dienone is 1. The summed E-state index contributed by atoms with van der Waals surface area (Å²) in [5.74, 6) is -0.0906. The number of hydrogen-bond acceptors (Lipinski definition) is 2. The van der Waals surface area contributed by atoms with Crippen molar-refractivity contribution in [3.63, 3.8) is 0 Å². The van der Waals surface area contributed by atoms with Gasteiger partial charge in [0.25, 0.3) is 0 Å². The van der Waals surface area contributed by atoms with Crippen LogP contribution in [0.2, 0.25) is 0 Å². The van der Waals surface area contributed by atoms with Crippen LogP contribution in [-0.2, 0) is 11.3 Å². The molecule has 1 heterocycles. The van der Waals surface area contributed by atoms with E-state index in [9.17, 15) is 4.79 Å². The second-order valence-electron chi connectivity index (χ2n) is 2.30. The van der Waals surface area contributed by atoms with Gasteiger partial charge in [-0.2, -0.15) is 5.10 Å². The molecule has 0 spiro atoms. The van der Waals surface area contributed by atoms with Crippen LogP contribution < -0.4 is 5.32 Å². The summed E-state index contributed by atoms with van der Waals surface area (Å²) in [6.45, 7) is 2.29. The first-order valence-corrected chi connectivity index (χ1v) is 3.71. The number of amides is 1. The Balaban J connectivity index is 2.31. The van der Waals surface area contributed by atoms with Crippen LogP contribution in [0.15, 0.2) is 24.4 Å². The van der Waals surface area contributed by atoms with E-state index in [-0.39, 0.29) is 5.91 Å². The van der Waals surface area contributed by atoms with E-state index in [0.29, 0.717) is 6.54 Å². The minimum Gasteiger partial charge on any atom is -0.347 e. The Labute approximate surface area is 70.7 Å². The fourth-order valence-electron chi connectivity index (χ4n) is 0.776. The summed E-state index contributed by atoms with van der Waals surface area (Å²) in [6.07, 6.45) is 4.83. The third-order valence-electron chi connectivity index (χ3n) is 1.33. The van der Waals surface area contributed by atoms with E-state index >= 15 is 0 Å². The molecule has 1 aromatic heterocycles. The maximum atomic E-state index is 10.9. The van der Waals surface area contributed by atoms with Crippen molar-refractivity contribution in [1.82, 2.24) is 15.5 Å². The number of carbonyl (C=O) groups excluding carboxylic acids is 1. The van der Waals surface area contributed by atoms with Gasteiger partial charge in [-0.1, -0.05) is 6.08 Å². The van der Waals surface area contributed by atoms with Gasteiger partial charge in [0, 0.05) is 6.20 Å². The Morgan fingerprint density at radius 3 is 3.25 bits per heavy atom. The van der Waals surface area contributed by atoms with Crippen molar-refractivity contribution in [2.45, 2.75) is 13.5 Å². The first-order chi connectivity index (χ1) is 5.83. The van der Waals surface area contributed by atoms with Gasteiger partial charge in [-0.3, -0.25) is 9.89 Å². The molecule has 0 radical (unpaired) electrons. The monoisotopic (exact) mass is 165 g/mol. The smallest absolute Gasteiger partial charge is 0.243 e. The van der Waals surface area contributed by atoms with E-state index in [1.807, 2.05) is 6.07 Å². The van der Waals surface area contributed by atoms with Crippen LogP contribution in [0, 0.1) is 0 Å². The highest BCUT2D eigenvalue weighted by Crippen LogP contribution is 1.89. The summed E-state index contributed by atoms with van der Waals surface area (Å²) in [4.78, 5) is 10.9. The van der Waals surface area contributed by atoms with Crippen LogP contribution in [0.1, 0.15) is 12.6 Å². The van der Waals surface area contributed by atoms with Crippen molar-refractivity contribution in [2.75, 3.05) is 0 Å². The molecule has 0 atom stereocenters. The van der Waals surface area contributed by atoms with E-state index in [4.69, 9.17) is 0 Å². The maximum absolute atomic E-state index is 10.9. The molecule has 0 saturated carbocycles. The molecule has 1 amide bonds. The molecule has 12 heavy (non-hydrogen) atoms. The van der Waals surface area contributed by atoms with E-state index in [1.165, 1.54) is 6.08 Å². The lowest BCUT2D eigenvalue weighted by atomic mass is 10.4. The molecule has 0 fully saturated rings. The Bertz CT molecular complexity index is 264. The predicted molar refractivity (Wildman–Crippen MR) is 45.2 cm³/mol. The van der Waals surface area contributed by atoms with Crippen molar-refractivity contribution in [3.8, 4) is 0 Å². The summed E-state index contributed by atoms with van der Waals surface area (Å²) < 4.78 is 0. The predicted octanol–water partition coefficient (Wildman–Crippen LogP) is 0.602. The van der Waals surface area contributed by atoms with Gasteiger partial charge in [-0.15, -0.1) is 0 Å². The number of H-pyrrole nitrogens is 1. The number of aromatic nitrogens is 2. The second kappa shape index (κ2) is 4.33. The molecule has 0 aliphatic heterocycles. The number of aromatic amines is 1. The van der Waals surface area contributed by atoms with E-state index in [0.717, 1.165) is 5.69 Å². The second-order valence-corrected chi connectivity index (χ2v) is 2.30. The third-order valence-corrected chi connectivity index (χ3v) is 1.33. The van der Waals surface area contributed by atoms with Gasteiger partial charge >= 0.3 is 0 Å². The Hall–Kier alpha value is -1.58. The highest BCUT2D eigenvalue weighted by atomic mass is 16.1. The average molecular weight is 165 g/mol. The third kappa shape index (κ3) is 2.57. The summed E-state index contributed by atoms with van der Waals surface area (Å²) >= 11 is 0. The molecule has 0 aromatic carbocycles. The molecule has 0 saturated heterocycles. The standard InChI is InChI=1S/C8H11N3O/c1-2-3-8(12)9-6-7-4-5-10-11-7/h2-5H,6H2,1H3,(H,9,12)(H,10,11). The molecular formula is C8H11N3O. The fraction of sp³-hybridized carbons (Fsp3) is 0.250. The largest absolute Gasteiger partial charge is 0.347 e. The number of hydrogen-bond donors (Lipinski definition) is 2. The number of nitrogens with zero attached hydrogens (tertiary/aromatic N) is 1. The van der Waals surface area contributed by atoms with Crippen LogP contribution in [0.5, 0.6) is 0 Å². The van der Waals surface area contributed by atoms with E-state index in [1.54, 1.807) is 19.2 Å². The minimum absolute atomic E-state index is 0.0906. The molecule has 4 nitrogen and oxygen atoms in total. The zero-order valence-corrected chi connectivity index (χ0v) is 6.87. The van der Waals surface area contributed by atoms with Crippen molar-refractivity contribution in [3.05, 3.63) is 30.1 Å². The summed E-state index contributed by atoms with van der Waals surface area (Å²) in [5, 5.41) is 9.19. The first-order valence-electron chi connectivity index (χ1n) is 3.71. The molecule has 1 rings (SSSR count). The molecule has 4 heteroatoms. The lowest BCUT2D eigenvalue weighted by Gasteiger charge is -1.97. The van der Waals surface area contributed by atoms with Crippen LogP contribution in [0.4, 0.5) is 0 Å². The van der Waals surface area contributed by atoms with Crippen molar-refractivity contribution in [1.29, 1.82) is 0 Å². The Morgan fingerprint density at radius 1 is 1.83 bits per heavy atom. The molecular weight excluding hydrogens is 154 g/mol. The van der Waals surface area contributed by atoms with Crippen LogP contribution in [0.25, 0.3) is 0 Å². The Kier molecular flexibility index (Phi) is 3.07. The van der Waals surface area contributed by atoms with Crippen LogP contribution >= 0.6 is 0 Å². The van der Waals surface area contributed by atoms with Crippen molar-refractivity contribution in [2.24, 2.45) is 0 Å². The highest BCUT2D eigenvalue weighted by molar-refractivity contribution is 5.87. The van der Waals surface area contributed by atoms with Crippen molar-refractivity contribution < 1.29 is 4.79 Å². The normalized spacial score (nSPS) is 10.4. The molecule has 0 unspecified atom stereocenters. The highest BCUT2D eigenvalue weighted by Gasteiger charge is 1.95. The van der Waals surface area contributed by atoms with E-state index in [2.05, 4.69) is 15.5 Å². The SMILES string of the molecule is CC=CC(=O)NCc1ccn[nH]1. The lowest BCUT2D eigenvalue weighted by Crippen LogP contribution is -2.20. The van der Waals surface area contributed by atoms with Gasteiger partial charge in [0.1, 0.15) is 0 Å². The van der Waals surface area contributed by atoms with Crippen LogP contribution in [-0.4, -0.2) is 16.1 Å². The van der Waals surface area contributed by atoms with Gasteiger partial charge in [0.15, 0.2) is 0 Å². The molecule has 0 aliphatic carbocycles. The topological polar surface area (TPSA) is 57.8 Å². The first kappa shape index (κ1) is 8.52. The lowest BCUT2D eigenvalue weighted by molar-refractivity contribution is -0.116. The van der Waals surface area contributed by atoms with Gasteiger partial charge in [-0.05, 0) is 19.1 Å². The summed E-state index contributed by atoms with van der Waals surface area (Å²) in [6, 6.07) is 1.82.